The van der Waals surface area contributed by atoms with E-state index in [-0.39, 0.29) is 17.2 Å². The minimum Gasteiger partial charge on any atom is -0.492 e. The second-order valence-electron chi connectivity index (χ2n) is 10.1. The van der Waals surface area contributed by atoms with Crippen molar-refractivity contribution in [1.82, 2.24) is 0 Å². The molecule has 33 heavy (non-hydrogen) atoms. The Hall–Kier alpha value is -3.08. The summed E-state index contributed by atoms with van der Waals surface area (Å²) >= 11 is 0. The summed E-state index contributed by atoms with van der Waals surface area (Å²) in [7, 11) is 0. The van der Waals surface area contributed by atoms with Crippen LogP contribution in [0.1, 0.15) is 79.8 Å². The maximum absolute atomic E-state index is 12.7. The lowest BCUT2D eigenvalue weighted by Gasteiger charge is -2.22. The SMILES string of the molecule is CCC(=Cc1cccc(C2COc3c(C)c(C)c(NC(=O)CC(C)(C)C)c(C)c32)c1)C(=O)O. The van der Waals surface area contributed by atoms with E-state index in [4.69, 9.17) is 4.74 Å². The van der Waals surface area contributed by atoms with Gasteiger partial charge < -0.3 is 15.2 Å². The number of carbonyl (C=O) groups excluding carboxylic acids is 1. The molecule has 2 aromatic rings. The lowest BCUT2D eigenvalue weighted by atomic mass is 9.85. The monoisotopic (exact) mass is 449 g/mol. The predicted molar refractivity (Wildman–Crippen MR) is 133 cm³/mol. The van der Waals surface area contributed by atoms with Crippen LogP contribution in [-0.2, 0) is 9.59 Å². The maximum atomic E-state index is 12.7. The molecular weight excluding hydrogens is 414 g/mol. The molecule has 0 spiro atoms. The topological polar surface area (TPSA) is 75.6 Å². The van der Waals surface area contributed by atoms with Gasteiger partial charge in [-0.2, -0.15) is 0 Å². The van der Waals surface area contributed by atoms with Gasteiger partial charge in [-0.05, 0) is 66.5 Å². The molecule has 0 fully saturated rings. The zero-order valence-electron chi connectivity index (χ0n) is 20.8. The molecule has 3 rings (SSSR count). The minimum atomic E-state index is -0.893. The average molecular weight is 450 g/mol. The number of carbonyl (C=O) groups is 2. The third-order valence-electron chi connectivity index (χ3n) is 6.31. The van der Waals surface area contributed by atoms with E-state index in [1.165, 1.54) is 0 Å². The summed E-state index contributed by atoms with van der Waals surface area (Å²) < 4.78 is 6.16. The fourth-order valence-corrected chi connectivity index (χ4v) is 4.50. The molecule has 0 radical (unpaired) electrons. The number of aliphatic carboxylic acids is 1. The van der Waals surface area contributed by atoms with E-state index in [0.29, 0.717) is 25.0 Å². The van der Waals surface area contributed by atoms with Crippen LogP contribution in [0.15, 0.2) is 29.8 Å². The number of fused-ring (bicyclic) bond motifs is 1. The van der Waals surface area contributed by atoms with Crippen molar-refractivity contribution < 1.29 is 19.4 Å². The van der Waals surface area contributed by atoms with Crippen LogP contribution < -0.4 is 10.1 Å². The predicted octanol–water partition coefficient (Wildman–Crippen LogP) is 6.39. The quantitative estimate of drug-likeness (QED) is 0.501. The lowest BCUT2D eigenvalue weighted by molar-refractivity contribution is -0.132. The number of anilines is 1. The van der Waals surface area contributed by atoms with Crippen molar-refractivity contribution in [2.24, 2.45) is 5.41 Å². The Kier molecular flexibility index (Phi) is 7.01. The van der Waals surface area contributed by atoms with E-state index >= 15 is 0 Å². The van der Waals surface area contributed by atoms with Crippen molar-refractivity contribution in [2.45, 2.75) is 67.2 Å². The van der Waals surface area contributed by atoms with Crippen molar-refractivity contribution >= 4 is 23.6 Å². The van der Waals surface area contributed by atoms with E-state index in [1.807, 2.05) is 45.9 Å². The van der Waals surface area contributed by atoms with Crippen molar-refractivity contribution in [3.63, 3.8) is 0 Å². The van der Waals surface area contributed by atoms with E-state index in [0.717, 1.165) is 44.8 Å². The van der Waals surface area contributed by atoms with Crippen molar-refractivity contribution in [3.05, 3.63) is 63.2 Å². The molecule has 1 amide bonds. The average Bonchev–Trinajstić information content (AvgIpc) is 3.17. The van der Waals surface area contributed by atoms with Crippen LogP contribution in [0.2, 0.25) is 0 Å². The van der Waals surface area contributed by atoms with Gasteiger partial charge in [0.2, 0.25) is 5.91 Å². The number of carboxylic acid groups (broad SMARTS) is 1. The molecule has 1 unspecified atom stereocenters. The van der Waals surface area contributed by atoms with Crippen molar-refractivity contribution in [2.75, 3.05) is 11.9 Å². The number of ether oxygens (including phenoxy) is 1. The molecule has 0 bridgehead atoms. The highest BCUT2D eigenvalue weighted by atomic mass is 16.5. The smallest absolute Gasteiger partial charge is 0.331 e. The van der Waals surface area contributed by atoms with Crippen LogP contribution in [0.3, 0.4) is 0 Å². The van der Waals surface area contributed by atoms with Crippen LogP contribution in [0, 0.1) is 26.2 Å². The molecule has 0 saturated carbocycles. The van der Waals surface area contributed by atoms with Crippen LogP contribution in [-0.4, -0.2) is 23.6 Å². The zero-order chi connectivity index (χ0) is 24.5. The Labute approximate surface area is 196 Å². The first-order valence-electron chi connectivity index (χ1n) is 11.5. The number of hydrogen-bond donors (Lipinski definition) is 2. The normalized spacial score (nSPS) is 15.7. The summed E-state index contributed by atoms with van der Waals surface area (Å²) in [6.45, 7) is 14.6. The van der Waals surface area contributed by atoms with Gasteiger partial charge in [-0.15, -0.1) is 0 Å². The highest BCUT2D eigenvalue weighted by Gasteiger charge is 2.32. The van der Waals surface area contributed by atoms with Gasteiger partial charge in [0.15, 0.2) is 0 Å². The van der Waals surface area contributed by atoms with Gasteiger partial charge in [0, 0.05) is 29.2 Å². The molecular formula is C28H35NO4. The van der Waals surface area contributed by atoms with E-state index < -0.39 is 5.97 Å². The number of amides is 1. The Balaban J connectivity index is 2.03. The van der Waals surface area contributed by atoms with E-state index in [2.05, 4.69) is 32.2 Å². The van der Waals surface area contributed by atoms with Crippen LogP contribution >= 0.6 is 0 Å². The summed E-state index contributed by atoms with van der Waals surface area (Å²) in [6, 6.07) is 7.97. The van der Waals surface area contributed by atoms with Crippen LogP contribution in [0.25, 0.3) is 6.08 Å². The number of carboxylic acids is 1. The molecule has 1 aliphatic heterocycles. The van der Waals surface area contributed by atoms with Gasteiger partial charge in [0.05, 0.1) is 6.61 Å². The summed E-state index contributed by atoms with van der Waals surface area (Å²) in [6.07, 6.45) is 2.64. The Morgan fingerprint density at radius 2 is 1.85 bits per heavy atom. The minimum absolute atomic E-state index is 0.0106. The lowest BCUT2D eigenvalue weighted by Crippen LogP contribution is -2.21. The van der Waals surface area contributed by atoms with Gasteiger partial charge in [0.25, 0.3) is 0 Å². The van der Waals surface area contributed by atoms with Gasteiger partial charge in [0.1, 0.15) is 5.75 Å². The molecule has 0 aliphatic carbocycles. The van der Waals surface area contributed by atoms with Crippen LogP contribution in [0.4, 0.5) is 5.69 Å². The number of nitrogens with one attached hydrogen (secondary N) is 1. The van der Waals surface area contributed by atoms with E-state index in [1.54, 1.807) is 6.08 Å². The molecule has 1 aliphatic rings. The van der Waals surface area contributed by atoms with E-state index in [9.17, 15) is 14.7 Å². The third-order valence-corrected chi connectivity index (χ3v) is 6.31. The van der Waals surface area contributed by atoms with Gasteiger partial charge in [-0.1, -0.05) is 52.0 Å². The van der Waals surface area contributed by atoms with Gasteiger partial charge in [-0.3, -0.25) is 4.79 Å². The van der Waals surface area contributed by atoms with Crippen LogP contribution in [0.5, 0.6) is 5.75 Å². The second-order valence-corrected chi connectivity index (χ2v) is 10.1. The Morgan fingerprint density at radius 1 is 1.15 bits per heavy atom. The molecule has 0 saturated heterocycles. The van der Waals surface area contributed by atoms with Crippen molar-refractivity contribution in [3.8, 4) is 5.75 Å². The number of hydrogen-bond acceptors (Lipinski definition) is 3. The van der Waals surface area contributed by atoms with Crippen molar-refractivity contribution in [1.29, 1.82) is 0 Å². The molecule has 1 atom stereocenters. The highest BCUT2D eigenvalue weighted by Crippen LogP contribution is 2.47. The number of rotatable bonds is 6. The highest BCUT2D eigenvalue weighted by molar-refractivity contribution is 5.94. The zero-order valence-corrected chi connectivity index (χ0v) is 20.8. The summed E-state index contributed by atoms with van der Waals surface area (Å²) in [5.74, 6) is 0.0248. The summed E-state index contributed by atoms with van der Waals surface area (Å²) in [4.78, 5) is 24.2. The molecule has 0 aromatic heterocycles. The number of benzene rings is 2. The molecule has 5 nitrogen and oxygen atoms in total. The summed E-state index contributed by atoms with van der Waals surface area (Å²) in [5, 5.41) is 12.6. The summed E-state index contributed by atoms with van der Waals surface area (Å²) in [5.41, 5.74) is 7.27. The fourth-order valence-electron chi connectivity index (χ4n) is 4.50. The molecule has 5 heteroatoms. The molecule has 176 valence electrons. The standard InChI is InChI=1S/C28H35NO4/c1-8-20(27(31)32)12-19-10-9-11-21(13-19)22-15-33-26-17(3)16(2)25(18(4)24(22)26)29-23(30)14-28(5,6)7/h9-13,22H,8,14-15H2,1-7H3,(H,29,30)(H,31,32). The molecule has 2 N–H and O–H groups in total. The second kappa shape index (κ2) is 9.42. The third kappa shape index (κ3) is 5.29. The first kappa shape index (κ1) is 24.6. The Bertz CT molecular complexity index is 1120. The largest absolute Gasteiger partial charge is 0.492 e. The van der Waals surface area contributed by atoms with Gasteiger partial charge >= 0.3 is 5.97 Å². The van der Waals surface area contributed by atoms with Gasteiger partial charge in [-0.25, -0.2) is 4.79 Å². The maximum Gasteiger partial charge on any atom is 0.331 e. The fraction of sp³-hybridized carbons (Fsp3) is 0.429. The first-order chi connectivity index (χ1) is 15.4. The molecule has 1 heterocycles. The molecule has 2 aromatic carbocycles. The first-order valence-corrected chi connectivity index (χ1v) is 11.5. The Morgan fingerprint density at radius 3 is 2.45 bits per heavy atom.